The molecular weight excluding hydrogens is 394 g/mol. The van der Waals surface area contributed by atoms with Crippen LogP contribution in [-0.4, -0.2) is 58.6 Å². The average Bonchev–Trinajstić information content (AvgIpc) is 3.20. The maximum atomic E-state index is 11.8. The van der Waals surface area contributed by atoms with E-state index in [-0.39, 0.29) is 37.0 Å². The van der Waals surface area contributed by atoms with E-state index in [0.29, 0.717) is 56.7 Å². The second-order valence-corrected chi connectivity index (χ2v) is 7.18. The molecule has 0 unspecified atom stereocenters. The summed E-state index contributed by atoms with van der Waals surface area (Å²) in [7, 11) is 0. The number of nitrogens with one attached hydrogen (secondary N) is 1. The molecule has 1 N–H and O–H groups in total. The van der Waals surface area contributed by atoms with E-state index in [0.717, 1.165) is 6.42 Å². The minimum atomic E-state index is -0.615. The maximum Gasteiger partial charge on any atom is 0.333 e. The Morgan fingerprint density at radius 1 is 0.833 bits per heavy atom. The molecule has 0 spiro atoms. The summed E-state index contributed by atoms with van der Waals surface area (Å²) >= 11 is 0. The van der Waals surface area contributed by atoms with Gasteiger partial charge in [-0.15, -0.1) is 5.06 Å². The van der Waals surface area contributed by atoms with Crippen molar-refractivity contribution in [3.63, 3.8) is 0 Å². The van der Waals surface area contributed by atoms with E-state index in [1.807, 2.05) is 0 Å². The zero-order chi connectivity index (χ0) is 21.9. The lowest BCUT2D eigenvalue weighted by molar-refractivity contribution is -0.197. The van der Waals surface area contributed by atoms with Gasteiger partial charge in [0.15, 0.2) is 0 Å². The predicted octanol–water partition coefficient (Wildman–Crippen LogP) is 0.756. The molecule has 0 atom stereocenters. The number of carbonyl (C=O) groups excluding carboxylic acids is 6. The molecule has 0 aromatic rings. The maximum absolute atomic E-state index is 11.8. The lowest BCUT2D eigenvalue weighted by Gasteiger charge is -2.13. The number of hydrogen-bond acceptors (Lipinski definition) is 7. The third-order valence-corrected chi connectivity index (χ3v) is 4.76. The number of nitrogens with zero attached hydrogens (tertiary/aromatic N) is 2. The first-order valence-electron chi connectivity index (χ1n) is 10.3. The number of unbranched alkanes of at least 4 members (excludes halogenated alkanes) is 4. The van der Waals surface area contributed by atoms with Gasteiger partial charge < -0.3 is 10.2 Å². The van der Waals surface area contributed by atoms with Crippen LogP contribution in [-0.2, 0) is 33.6 Å². The van der Waals surface area contributed by atoms with Gasteiger partial charge in [-0.05, 0) is 25.7 Å². The number of imide groups is 2. The summed E-state index contributed by atoms with van der Waals surface area (Å²) < 4.78 is 0. The van der Waals surface area contributed by atoms with Gasteiger partial charge in [-0.1, -0.05) is 12.8 Å². The highest BCUT2D eigenvalue weighted by Gasteiger charge is 2.32. The van der Waals surface area contributed by atoms with Gasteiger partial charge in [0.25, 0.3) is 23.6 Å². The van der Waals surface area contributed by atoms with E-state index < -0.39 is 17.8 Å². The van der Waals surface area contributed by atoms with Gasteiger partial charge in [-0.3, -0.25) is 28.9 Å². The van der Waals surface area contributed by atoms with E-state index in [1.165, 1.54) is 17.1 Å². The van der Waals surface area contributed by atoms with Gasteiger partial charge >= 0.3 is 5.97 Å². The number of hydroxylamine groups is 2. The molecule has 0 aromatic heterocycles. The monoisotopic (exact) mass is 421 g/mol. The lowest BCUT2D eigenvalue weighted by atomic mass is 10.1. The quantitative estimate of drug-likeness (QED) is 0.343. The van der Waals surface area contributed by atoms with Gasteiger partial charge in [0.1, 0.15) is 0 Å². The van der Waals surface area contributed by atoms with Crippen LogP contribution in [0.25, 0.3) is 0 Å². The summed E-state index contributed by atoms with van der Waals surface area (Å²) in [5, 5.41) is 3.35. The number of carbonyl (C=O) groups is 6. The number of hydrogen-bond donors (Lipinski definition) is 1. The fourth-order valence-corrected chi connectivity index (χ4v) is 3.08. The van der Waals surface area contributed by atoms with Crippen LogP contribution in [0.2, 0.25) is 0 Å². The average molecular weight is 421 g/mol. The van der Waals surface area contributed by atoms with Gasteiger partial charge in [0.2, 0.25) is 5.91 Å². The SMILES string of the molecule is O=C(CCCCCN1C(=O)C=CC1=O)NCCCCCC(=O)ON1C(=O)CCC1=O. The lowest BCUT2D eigenvalue weighted by Crippen LogP contribution is -2.31. The summed E-state index contributed by atoms with van der Waals surface area (Å²) in [4.78, 5) is 74.9. The normalized spacial score (nSPS) is 16.0. The van der Waals surface area contributed by atoms with Crippen LogP contribution in [0.1, 0.15) is 64.2 Å². The topological polar surface area (TPSA) is 130 Å². The molecule has 0 radical (unpaired) electrons. The van der Waals surface area contributed by atoms with Crippen molar-refractivity contribution in [1.82, 2.24) is 15.3 Å². The van der Waals surface area contributed by atoms with E-state index in [9.17, 15) is 28.8 Å². The molecule has 30 heavy (non-hydrogen) atoms. The van der Waals surface area contributed by atoms with Crippen molar-refractivity contribution in [2.24, 2.45) is 0 Å². The van der Waals surface area contributed by atoms with Crippen LogP contribution in [0.4, 0.5) is 0 Å². The van der Waals surface area contributed by atoms with Gasteiger partial charge in [-0.2, -0.15) is 0 Å². The molecule has 10 heteroatoms. The molecule has 5 amide bonds. The van der Waals surface area contributed by atoms with Gasteiger partial charge in [0, 0.05) is 50.9 Å². The Labute approximate surface area is 174 Å². The van der Waals surface area contributed by atoms with Crippen molar-refractivity contribution < 1.29 is 33.6 Å². The predicted molar refractivity (Wildman–Crippen MR) is 103 cm³/mol. The first kappa shape index (κ1) is 23.2. The molecule has 0 aromatic carbocycles. The molecule has 1 fully saturated rings. The molecule has 0 aliphatic carbocycles. The van der Waals surface area contributed by atoms with Gasteiger partial charge in [0.05, 0.1) is 0 Å². The highest BCUT2D eigenvalue weighted by atomic mass is 16.7. The zero-order valence-electron chi connectivity index (χ0n) is 16.9. The molecule has 2 rings (SSSR count). The Bertz CT molecular complexity index is 698. The highest BCUT2D eigenvalue weighted by molar-refractivity contribution is 6.12. The van der Waals surface area contributed by atoms with Crippen LogP contribution in [0.15, 0.2) is 12.2 Å². The zero-order valence-corrected chi connectivity index (χ0v) is 16.9. The Kier molecular flexibility index (Phi) is 9.17. The van der Waals surface area contributed by atoms with E-state index in [4.69, 9.17) is 4.84 Å². The Hall–Kier alpha value is -3.04. The van der Waals surface area contributed by atoms with Crippen LogP contribution >= 0.6 is 0 Å². The smallest absolute Gasteiger partial charge is 0.333 e. The van der Waals surface area contributed by atoms with Crippen molar-refractivity contribution in [3.8, 4) is 0 Å². The number of amides is 5. The van der Waals surface area contributed by atoms with Crippen LogP contribution < -0.4 is 5.32 Å². The minimum Gasteiger partial charge on any atom is -0.356 e. The molecule has 1 saturated heterocycles. The highest BCUT2D eigenvalue weighted by Crippen LogP contribution is 2.13. The van der Waals surface area contributed by atoms with Crippen molar-refractivity contribution in [2.45, 2.75) is 64.2 Å². The molecule has 164 valence electrons. The molecule has 2 heterocycles. The standard InChI is InChI=1S/C20H27N3O7/c24-15(7-3-2-6-14-22-16(25)9-10-17(22)26)21-13-5-1-4-8-20(29)30-23-18(27)11-12-19(23)28/h9-10H,1-8,11-14H2,(H,21,24). The summed E-state index contributed by atoms with van der Waals surface area (Å²) in [6.07, 6.45) is 7.15. The van der Waals surface area contributed by atoms with Crippen molar-refractivity contribution in [1.29, 1.82) is 0 Å². The van der Waals surface area contributed by atoms with Crippen LogP contribution in [0.5, 0.6) is 0 Å². The minimum absolute atomic E-state index is 0.0598. The number of rotatable bonds is 13. The largest absolute Gasteiger partial charge is 0.356 e. The first-order valence-corrected chi connectivity index (χ1v) is 10.3. The molecule has 0 saturated carbocycles. The summed E-state index contributed by atoms with van der Waals surface area (Å²) in [5.74, 6) is -2.24. The van der Waals surface area contributed by atoms with Gasteiger partial charge in [-0.25, -0.2) is 4.79 Å². The van der Waals surface area contributed by atoms with E-state index in [2.05, 4.69) is 5.32 Å². The molecule has 0 bridgehead atoms. The Balaban J connectivity index is 1.41. The molecule has 2 aliphatic heterocycles. The molecular formula is C20H27N3O7. The third-order valence-electron chi connectivity index (χ3n) is 4.76. The van der Waals surface area contributed by atoms with Crippen molar-refractivity contribution in [3.05, 3.63) is 12.2 Å². The molecule has 2 aliphatic rings. The van der Waals surface area contributed by atoms with Crippen LogP contribution in [0, 0.1) is 0 Å². The Morgan fingerprint density at radius 3 is 2.10 bits per heavy atom. The fraction of sp³-hybridized carbons (Fsp3) is 0.600. The van der Waals surface area contributed by atoms with Crippen molar-refractivity contribution in [2.75, 3.05) is 13.1 Å². The molecule has 10 nitrogen and oxygen atoms in total. The summed E-state index contributed by atoms with van der Waals surface area (Å²) in [6.45, 7) is 0.869. The summed E-state index contributed by atoms with van der Waals surface area (Å²) in [5.41, 5.74) is 0. The second-order valence-electron chi connectivity index (χ2n) is 7.18. The summed E-state index contributed by atoms with van der Waals surface area (Å²) in [6, 6.07) is 0. The van der Waals surface area contributed by atoms with Crippen molar-refractivity contribution >= 4 is 35.5 Å². The van der Waals surface area contributed by atoms with Crippen LogP contribution in [0.3, 0.4) is 0 Å². The van der Waals surface area contributed by atoms with E-state index >= 15 is 0 Å². The Morgan fingerprint density at radius 2 is 1.43 bits per heavy atom. The van der Waals surface area contributed by atoms with E-state index in [1.54, 1.807) is 0 Å². The second kappa shape index (κ2) is 11.8. The fourth-order valence-electron chi connectivity index (χ4n) is 3.08. The third kappa shape index (κ3) is 7.41. The first-order chi connectivity index (χ1) is 14.4.